The van der Waals surface area contributed by atoms with Crippen LogP contribution < -0.4 is 22.9 Å². The van der Waals surface area contributed by atoms with Crippen LogP contribution in [-0.4, -0.2) is 82.9 Å². The summed E-state index contributed by atoms with van der Waals surface area (Å²) in [7, 11) is 1.81. The summed E-state index contributed by atoms with van der Waals surface area (Å²) in [6.07, 6.45) is 0. The molecule has 20 nitrogen and oxygen atoms in total. The fraction of sp³-hybridized carbons (Fsp3) is 0.0417. The highest BCUT2D eigenvalue weighted by Gasteiger charge is 2.23. The summed E-state index contributed by atoms with van der Waals surface area (Å²) in [6.45, 7) is 0.457. The average molecular weight is 1730 g/mol. The monoisotopic (exact) mass is 1720 g/mol. The van der Waals surface area contributed by atoms with E-state index in [0.29, 0.717) is 83.3 Å². The first-order valence-electron chi connectivity index (χ1n) is 38.9. The molecule has 0 saturated heterocycles. The Bertz CT molecular complexity index is 7900. The van der Waals surface area contributed by atoms with Crippen molar-refractivity contribution in [2.45, 2.75) is 19.6 Å². The number of fused-ring (bicyclic) bond motifs is 10. The maximum absolute atomic E-state index is 14.4. The van der Waals surface area contributed by atoms with Gasteiger partial charge in [-0.15, -0.1) is 22.7 Å². The van der Waals surface area contributed by atoms with Crippen LogP contribution in [0.1, 0.15) is 37.4 Å². The van der Waals surface area contributed by atoms with Gasteiger partial charge in [0.05, 0.1) is 71.1 Å². The van der Waals surface area contributed by atoms with E-state index in [1.54, 1.807) is 75.9 Å². The summed E-state index contributed by atoms with van der Waals surface area (Å²) < 4.78 is 114. The summed E-state index contributed by atoms with van der Waals surface area (Å²) >= 11 is 3.29. The number of nitrogens with one attached hydrogen (secondary N) is 5. The number of nitrogen functional groups attached to an aromatic ring is 1. The van der Waals surface area contributed by atoms with Crippen LogP contribution in [0.3, 0.4) is 0 Å². The molecule has 22 aromatic rings. The van der Waals surface area contributed by atoms with Gasteiger partial charge in [-0.2, -0.15) is 30.6 Å². The molecule has 0 aliphatic carbocycles. The zero-order valence-corrected chi connectivity index (χ0v) is 67.6. The molecule has 0 aliphatic rings. The SMILES string of the molecule is Cn1nc(-c2cc3ccccc3s2)c2c(F)c(N)ccc21.NCc1cc2c(-c3cc4ccccc4s3)n[nH]c2cc1F.NCc1cc2c(-c3ccc4ccccc4c3)n[nH]c2cc1F.NCc1cc2c(-c3cccc(F)c3)n[nH]c2cc1F.O=C(O)c1cc(F)c2n[nH]c(-c3ccc4ccccc4c3)c2c1.O=C(O)c1cc(F)c2n[nH]c(-c3cccc(F)c3)c2c1. The number of H-pyrrole nitrogens is 5. The molecule has 0 radical (unpaired) electrons. The minimum absolute atomic E-state index is 0.0225. The molecule has 0 saturated carbocycles. The largest absolute Gasteiger partial charge is 0.478 e. The number of hydrogen-bond acceptors (Lipinski definition) is 14. The van der Waals surface area contributed by atoms with E-state index in [-0.39, 0.29) is 70.8 Å². The molecule has 14 aromatic carbocycles. The molecule has 0 fully saturated rings. The van der Waals surface area contributed by atoms with Crippen LogP contribution in [0.2, 0.25) is 0 Å². The zero-order valence-electron chi connectivity index (χ0n) is 66.0. The van der Waals surface area contributed by atoms with E-state index >= 15 is 0 Å². The number of rotatable bonds is 11. The Morgan fingerprint density at radius 2 is 0.762 bits per heavy atom. The fourth-order valence-corrected chi connectivity index (χ4v) is 17.0. The van der Waals surface area contributed by atoms with Crippen LogP contribution in [0.4, 0.5) is 40.8 Å². The summed E-state index contributed by atoms with van der Waals surface area (Å²) in [6, 6.07) is 77.8. The number of carboxylic acid groups (broad SMARTS) is 2. The molecule has 624 valence electrons. The van der Waals surface area contributed by atoms with Crippen LogP contribution in [0.25, 0.3) is 173 Å². The van der Waals surface area contributed by atoms with E-state index in [4.69, 9.17) is 33.1 Å². The number of nitrogens with two attached hydrogens (primary N) is 4. The van der Waals surface area contributed by atoms with Crippen LogP contribution in [0.15, 0.2) is 267 Å². The Labute approximate surface area is 716 Å². The number of halogens is 8. The predicted molar refractivity (Wildman–Crippen MR) is 481 cm³/mol. The van der Waals surface area contributed by atoms with Crippen LogP contribution >= 0.6 is 22.7 Å². The molecule has 0 bridgehead atoms. The summed E-state index contributed by atoms with van der Waals surface area (Å²) in [5, 5.41) is 67.7. The molecule has 0 spiro atoms. The third-order valence-electron chi connectivity index (χ3n) is 21.1. The van der Waals surface area contributed by atoms with Crippen molar-refractivity contribution in [3.05, 3.63) is 341 Å². The second-order valence-corrected chi connectivity index (χ2v) is 31.3. The van der Waals surface area contributed by atoms with Gasteiger partial charge >= 0.3 is 11.9 Å². The molecule has 8 aromatic heterocycles. The number of carbonyl (C=O) groups is 2. The van der Waals surface area contributed by atoms with Crippen molar-refractivity contribution in [2.75, 3.05) is 5.73 Å². The Morgan fingerprint density at radius 1 is 0.365 bits per heavy atom. The number of hydrogen-bond donors (Lipinski definition) is 11. The summed E-state index contributed by atoms with van der Waals surface area (Å²) in [5.41, 5.74) is 33.3. The number of benzene rings is 14. The zero-order chi connectivity index (χ0) is 87.7. The lowest BCUT2D eigenvalue weighted by molar-refractivity contribution is 0.0686. The first-order valence-corrected chi connectivity index (χ1v) is 40.5. The number of aryl methyl sites for hydroxylation is 1. The molecule has 22 rings (SSSR count). The van der Waals surface area contributed by atoms with Crippen LogP contribution in [-0.2, 0) is 26.7 Å². The highest BCUT2D eigenvalue weighted by Crippen LogP contribution is 2.42. The Hall–Kier alpha value is -15.6. The maximum Gasteiger partial charge on any atom is 0.335 e. The highest BCUT2D eigenvalue weighted by molar-refractivity contribution is 7.22. The number of aromatic carboxylic acids is 2. The molecule has 126 heavy (non-hydrogen) atoms. The van der Waals surface area contributed by atoms with Crippen molar-refractivity contribution in [1.29, 1.82) is 0 Å². The fourth-order valence-electron chi connectivity index (χ4n) is 14.8. The topological polar surface area (TPSA) is 340 Å². The van der Waals surface area contributed by atoms with Gasteiger partial charge in [-0.3, -0.25) is 30.2 Å². The molecule has 0 atom stereocenters. The first-order chi connectivity index (χ1) is 61.0. The third-order valence-corrected chi connectivity index (χ3v) is 23.4. The quantitative estimate of drug-likeness (QED) is 0.0424. The van der Waals surface area contributed by atoms with Crippen LogP contribution in [0.5, 0.6) is 0 Å². The molecule has 0 aliphatic heterocycles. The molecular weight excluding hydrogens is 1660 g/mol. The van der Waals surface area contributed by atoms with Crippen molar-refractivity contribution in [3.63, 3.8) is 0 Å². The number of aromatic amines is 5. The number of anilines is 1. The predicted octanol–water partition coefficient (Wildman–Crippen LogP) is 22.6. The van der Waals surface area contributed by atoms with Crippen molar-refractivity contribution in [3.8, 4) is 66.2 Å². The van der Waals surface area contributed by atoms with Gasteiger partial charge in [0.2, 0.25) is 0 Å². The average Bonchev–Trinajstić information content (AvgIpc) is 1.67. The Balaban J connectivity index is 0.000000107. The number of thiophene rings is 2. The van der Waals surface area contributed by atoms with Gasteiger partial charge in [-0.05, 0) is 166 Å². The standard InChI is InChI=1S/C18H14FN3.C18H11FN2O2.2C16H12FN3S.C14H11F2N3.C14H8F2N2O2/c19-16-9-17-15(8-14(16)10-20)18(22-21-17)13-6-5-11-3-1-2-4-12(11)7-13;19-15-9-13(18(22)23)8-14-16(20-21-17(14)15)12-6-5-10-3-1-2-4-11(10)7-12;1-20-11-7-6-10(18)15(17)14(11)16(19-20)13-8-9-4-2-3-5-12(9)21-13;17-12-7-13-11(5-10(12)8-18)16(20-19-13)15-6-9-3-1-2-4-14(9)21-15;15-10-3-1-2-8(4-10)14-11-5-9(7-17)12(16)6-13(11)18-19-14;15-9-3-1-2-7(4-9)12-10-5-8(14(19)20)6-11(16)13(10)18-17-12/h1-9H,10,20H2,(H,21,22);1-9H,(H,20,21)(H,22,23);2-8H,18H2,1H3;1-7H,8,18H2,(H,19,20);1-6H,7,17H2,(H,18,19);1-6H,(H,17,18)(H,19,20). The molecule has 15 N–H and O–H groups in total. The van der Waals surface area contributed by atoms with E-state index in [1.807, 2.05) is 104 Å². The normalized spacial score (nSPS) is 11.3. The lowest BCUT2D eigenvalue weighted by Gasteiger charge is -2.03. The van der Waals surface area contributed by atoms with Gasteiger partial charge in [0.1, 0.15) is 57.2 Å². The van der Waals surface area contributed by atoms with E-state index in [0.717, 1.165) is 92.3 Å². The van der Waals surface area contributed by atoms with Gasteiger partial charge < -0.3 is 33.1 Å². The van der Waals surface area contributed by atoms with E-state index < -0.39 is 35.2 Å². The lowest BCUT2D eigenvalue weighted by Crippen LogP contribution is -1.99. The molecule has 0 unspecified atom stereocenters. The molecular formula is C96H68F8N16O4S2. The maximum atomic E-state index is 14.4. The minimum Gasteiger partial charge on any atom is -0.478 e. The first kappa shape index (κ1) is 82.7. The van der Waals surface area contributed by atoms with Crippen molar-refractivity contribution in [1.82, 2.24) is 60.8 Å². The summed E-state index contributed by atoms with van der Waals surface area (Å²) in [4.78, 5) is 24.1. The number of aromatic nitrogens is 12. The molecule has 0 amide bonds. The molecule has 30 heteroatoms. The van der Waals surface area contributed by atoms with Crippen molar-refractivity contribution >= 4 is 147 Å². The lowest BCUT2D eigenvalue weighted by atomic mass is 10.0. The third kappa shape index (κ3) is 16.6. The molecule has 8 heterocycles. The van der Waals surface area contributed by atoms with E-state index in [1.165, 1.54) is 76.1 Å². The van der Waals surface area contributed by atoms with Crippen molar-refractivity contribution < 1.29 is 54.9 Å². The minimum atomic E-state index is -1.24. The van der Waals surface area contributed by atoms with Crippen molar-refractivity contribution in [2.24, 2.45) is 24.2 Å². The van der Waals surface area contributed by atoms with Gasteiger partial charge in [0.25, 0.3) is 0 Å². The highest BCUT2D eigenvalue weighted by atomic mass is 32.1. The Morgan fingerprint density at radius 3 is 1.22 bits per heavy atom. The van der Waals surface area contributed by atoms with Gasteiger partial charge in [-0.1, -0.05) is 133 Å². The summed E-state index contributed by atoms with van der Waals surface area (Å²) in [5.74, 6) is -5.94. The number of carboxylic acids is 2. The van der Waals surface area contributed by atoms with E-state index in [2.05, 4.69) is 105 Å². The Kier molecular flexibility index (Phi) is 23.0. The number of nitrogens with zero attached hydrogens (tertiary/aromatic N) is 7. The second kappa shape index (κ2) is 35.1. The van der Waals surface area contributed by atoms with Gasteiger partial charge in [0.15, 0.2) is 17.5 Å². The van der Waals surface area contributed by atoms with Crippen LogP contribution in [0, 0.1) is 46.5 Å². The van der Waals surface area contributed by atoms with Gasteiger partial charge in [-0.25, -0.2) is 44.7 Å². The van der Waals surface area contributed by atoms with E-state index in [9.17, 15) is 44.7 Å². The second-order valence-electron chi connectivity index (χ2n) is 29.1. The van der Waals surface area contributed by atoms with Gasteiger partial charge in [0, 0.05) is 102 Å². The smallest absolute Gasteiger partial charge is 0.335 e.